The molecule has 12 heteroatoms. The number of hydrogen-bond acceptors (Lipinski definition) is 10. The highest BCUT2D eigenvalue weighted by Gasteiger charge is 2.32. The molecule has 0 saturated carbocycles. The van der Waals surface area contributed by atoms with Crippen LogP contribution in [-0.2, 0) is 39.9 Å². The molecule has 1 aromatic heterocycles. The van der Waals surface area contributed by atoms with Gasteiger partial charge in [-0.25, -0.2) is 4.79 Å². The Labute approximate surface area is 229 Å². The van der Waals surface area contributed by atoms with Crippen molar-refractivity contribution in [2.24, 2.45) is 17.8 Å². The lowest BCUT2D eigenvalue weighted by atomic mass is 9.86. The molecule has 3 unspecified atom stereocenters. The van der Waals surface area contributed by atoms with E-state index in [9.17, 15) is 24.0 Å². The topological polar surface area (TPSA) is 146 Å². The lowest BCUT2D eigenvalue weighted by Crippen LogP contribution is -2.33. The summed E-state index contributed by atoms with van der Waals surface area (Å²) in [5.41, 5.74) is -0.696. The van der Waals surface area contributed by atoms with Gasteiger partial charge in [0.2, 0.25) is 0 Å². The Morgan fingerprint density at radius 2 is 1.51 bits per heavy atom. The number of nitrogens with zero attached hydrogens (tertiary/aromatic N) is 2. The SMILES string of the molecule is CCC(CC(CC(C)C(=O)OCCN(CC)CC)C(=O)OCCOC)C(=O)OCCn1cc(C)c(=O)[nH]c1=O. The van der Waals surface area contributed by atoms with Crippen molar-refractivity contribution in [2.75, 3.05) is 53.2 Å². The zero-order chi connectivity index (χ0) is 29.4. The molecule has 0 aliphatic rings. The van der Waals surface area contributed by atoms with Gasteiger partial charge >= 0.3 is 23.6 Å². The number of ether oxygens (including phenoxy) is 4. The van der Waals surface area contributed by atoms with Gasteiger partial charge in [0, 0.05) is 25.4 Å². The minimum absolute atomic E-state index is 0.0586. The molecule has 0 spiro atoms. The second-order valence-electron chi connectivity index (χ2n) is 9.46. The Hall–Kier alpha value is -2.99. The summed E-state index contributed by atoms with van der Waals surface area (Å²) >= 11 is 0. The first-order valence-electron chi connectivity index (χ1n) is 13.6. The van der Waals surface area contributed by atoms with Crippen molar-refractivity contribution in [3.05, 3.63) is 32.6 Å². The second-order valence-corrected chi connectivity index (χ2v) is 9.46. The van der Waals surface area contributed by atoms with Gasteiger partial charge < -0.3 is 23.8 Å². The lowest BCUT2D eigenvalue weighted by molar-refractivity contribution is -0.155. The van der Waals surface area contributed by atoms with Crippen LogP contribution < -0.4 is 11.2 Å². The van der Waals surface area contributed by atoms with E-state index in [1.54, 1.807) is 20.8 Å². The molecule has 1 rings (SSSR count). The highest BCUT2D eigenvalue weighted by atomic mass is 16.6. The molecule has 12 nitrogen and oxygen atoms in total. The van der Waals surface area contributed by atoms with Crippen LogP contribution in [0.15, 0.2) is 15.8 Å². The molecule has 1 N–H and O–H groups in total. The van der Waals surface area contributed by atoms with E-state index in [1.807, 2.05) is 13.8 Å². The van der Waals surface area contributed by atoms with Crippen LogP contribution in [0.3, 0.4) is 0 Å². The van der Waals surface area contributed by atoms with E-state index in [1.165, 1.54) is 17.9 Å². The summed E-state index contributed by atoms with van der Waals surface area (Å²) in [4.78, 5) is 66.1. The maximum Gasteiger partial charge on any atom is 0.328 e. The number of carbonyl (C=O) groups is 3. The highest BCUT2D eigenvalue weighted by molar-refractivity contribution is 5.77. The van der Waals surface area contributed by atoms with Crippen LogP contribution >= 0.6 is 0 Å². The summed E-state index contributed by atoms with van der Waals surface area (Å²) in [6, 6.07) is 0. The molecule has 0 aromatic carbocycles. The quantitative estimate of drug-likeness (QED) is 0.151. The molecule has 222 valence electrons. The number of aryl methyl sites for hydroxylation is 1. The van der Waals surface area contributed by atoms with Crippen molar-refractivity contribution in [3.8, 4) is 0 Å². The van der Waals surface area contributed by atoms with Crippen LogP contribution in [0.5, 0.6) is 0 Å². The second kappa shape index (κ2) is 18.3. The van der Waals surface area contributed by atoms with Crippen molar-refractivity contribution in [1.82, 2.24) is 14.5 Å². The maximum absolute atomic E-state index is 12.9. The first kappa shape index (κ1) is 34.0. The average molecular weight is 556 g/mol. The van der Waals surface area contributed by atoms with E-state index < -0.39 is 46.9 Å². The number of H-pyrrole nitrogens is 1. The number of aromatic nitrogens is 2. The molecule has 0 bridgehead atoms. The van der Waals surface area contributed by atoms with Crippen LogP contribution in [0, 0.1) is 24.7 Å². The first-order chi connectivity index (χ1) is 18.6. The van der Waals surface area contributed by atoms with Gasteiger partial charge in [-0.2, -0.15) is 0 Å². The molecular formula is C27H45N3O9. The Kier molecular flexibility index (Phi) is 16.0. The number of rotatable bonds is 19. The normalized spacial score (nSPS) is 13.5. The van der Waals surface area contributed by atoms with E-state index >= 15 is 0 Å². The number of aromatic amines is 1. The molecule has 0 aliphatic heterocycles. The summed E-state index contributed by atoms with van der Waals surface area (Å²) < 4.78 is 22.3. The van der Waals surface area contributed by atoms with Gasteiger partial charge in [0.1, 0.15) is 19.8 Å². The Morgan fingerprint density at radius 3 is 2.13 bits per heavy atom. The van der Waals surface area contributed by atoms with Crippen molar-refractivity contribution < 1.29 is 33.3 Å². The van der Waals surface area contributed by atoms with Gasteiger partial charge in [-0.3, -0.25) is 28.7 Å². The zero-order valence-corrected chi connectivity index (χ0v) is 24.2. The third-order valence-electron chi connectivity index (χ3n) is 6.61. The molecule has 0 saturated heterocycles. The Balaban J connectivity index is 2.80. The first-order valence-corrected chi connectivity index (χ1v) is 13.6. The minimum Gasteiger partial charge on any atom is -0.464 e. The third kappa shape index (κ3) is 12.2. The number of hydrogen-bond donors (Lipinski definition) is 1. The fraction of sp³-hybridized carbons (Fsp3) is 0.741. The minimum atomic E-state index is -0.728. The van der Waals surface area contributed by atoms with Crippen LogP contribution in [0.25, 0.3) is 0 Å². The maximum atomic E-state index is 12.9. The number of likely N-dealkylation sites (N-methyl/N-ethyl adjacent to an activating group) is 1. The molecule has 0 amide bonds. The molecule has 3 atom stereocenters. The van der Waals surface area contributed by atoms with Gasteiger partial charge in [-0.1, -0.05) is 27.7 Å². The van der Waals surface area contributed by atoms with E-state index in [0.717, 1.165) is 13.1 Å². The molecule has 1 aromatic rings. The van der Waals surface area contributed by atoms with Crippen LogP contribution in [0.2, 0.25) is 0 Å². The molecule has 0 fully saturated rings. The standard InChI is InChI=1S/C27H45N3O9/c1-7-21(25(33)38-13-11-30-18-20(5)23(31)28-27(30)35)17-22(26(34)39-15-14-36-6)16-19(4)24(32)37-12-10-29(8-2)9-3/h18-19,21-22H,7-17H2,1-6H3,(H,28,31,35). The summed E-state index contributed by atoms with van der Waals surface area (Å²) in [6.07, 6.45) is 2.10. The summed E-state index contributed by atoms with van der Waals surface area (Å²) in [5.74, 6) is -3.37. The molecule has 0 aliphatic carbocycles. The van der Waals surface area contributed by atoms with Crippen LogP contribution in [0.4, 0.5) is 0 Å². The lowest BCUT2D eigenvalue weighted by Gasteiger charge is -2.23. The molecule has 39 heavy (non-hydrogen) atoms. The van der Waals surface area contributed by atoms with E-state index in [4.69, 9.17) is 18.9 Å². The van der Waals surface area contributed by atoms with Crippen LogP contribution in [-0.4, -0.2) is 85.5 Å². The number of methoxy groups -OCH3 is 1. The summed E-state index contributed by atoms with van der Waals surface area (Å²) in [7, 11) is 1.49. The van der Waals surface area contributed by atoms with E-state index in [-0.39, 0.29) is 45.8 Å². The van der Waals surface area contributed by atoms with Gasteiger partial charge in [-0.05, 0) is 39.3 Å². The van der Waals surface area contributed by atoms with Crippen molar-refractivity contribution in [2.45, 2.75) is 60.4 Å². The smallest absolute Gasteiger partial charge is 0.328 e. The largest absolute Gasteiger partial charge is 0.464 e. The number of carbonyl (C=O) groups excluding carboxylic acids is 3. The van der Waals surface area contributed by atoms with Crippen molar-refractivity contribution in [1.29, 1.82) is 0 Å². The van der Waals surface area contributed by atoms with E-state index in [0.29, 0.717) is 18.5 Å². The summed E-state index contributed by atoms with van der Waals surface area (Å²) in [5, 5.41) is 0. The molecule has 0 radical (unpaired) electrons. The van der Waals surface area contributed by atoms with Crippen molar-refractivity contribution in [3.63, 3.8) is 0 Å². The predicted octanol–water partition coefficient (Wildman–Crippen LogP) is 1.52. The monoisotopic (exact) mass is 555 g/mol. The van der Waals surface area contributed by atoms with Crippen molar-refractivity contribution >= 4 is 17.9 Å². The number of esters is 3. The molecular weight excluding hydrogens is 510 g/mol. The summed E-state index contributed by atoms with van der Waals surface area (Å²) in [6.45, 7) is 12.0. The fourth-order valence-electron chi connectivity index (χ4n) is 4.03. The van der Waals surface area contributed by atoms with Gasteiger partial charge in [-0.15, -0.1) is 0 Å². The van der Waals surface area contributed by atoms with Crippen LogP contribution in [0.1, 0.15) is 52.5 Å². The number of nitrogens with one attached hydrogen (secondary N) is 1. The fourth-order valence-corrected chi connectivity index (χ4v) is 4.03. The average Bonchev–Trinajstić information content (AvgIpc) is 2.91. The third-order valence-corrected chi connectivity index (χ3v) is 6.61. The Bertz CT molecular complexity index is 1020. The van der Waals surface area contributed by atoms with Gasteiger partial charge in [0.15, 0.2) is 0 Å². The van der Waals surface area contributed by atoms with Gasteiger partial charge in [0.05, 0.1) is 30.9 Å². The zero-order valence-electron chi connectivity index (χ0n) is 24.2. The van der Waals surface area contributed by atoms with Gasteiger partial charge in [0.25, 0.3) is 5.56 Å². The highest BCUT2D eigenvalue weighted by Crippen LogP contribution is 2.25. The Morgan fingerprint density at radius 1 is 0.897 bits per heavy atom. The predicted molar refractivity (Wildman–Crippen MR) is 144 cm³/mol. The molecule has 1 heterocycles. The van der Waals surface area contributed by atoms with E-state index in [2.05, 4.69) is 9.88 Å².